The number of nitrogens with zero attached hydrogens (tertiary/aromatic N) is 4. The maximum absolute atomic E-state index is 13.7. The number of rotatable bonds is 7. The van der Waals surface area contributed by atoms with Gasteiger partial charge in [-0.15, -0.1) is 10.2 Å². The number of benzene rings is 1. The zero-order valence-corrected chi connectivity index (χ0v) is 17.9. The molecule has 0 saturated carbocycles. The minimum atomic E-state index is -4.06. The van der Waals surface area contributed by atoms with Crippen LogP contribution in [0.2, 0.25) is 0 Å². The van der Waals surface area contributed by atoms with Crippen LogP contribution in [-0.2, 0) is 31.7 Å². The molecular formula is C17H22FN5O5S2. The molecule has 1 aromatic carbocycles. The zero-order valence-electron chi connectivity index (χ0n) is 16.2. The van der Waals surface area contributed by atoms with Crippen molar-refractivity contribution in [3.05, 3.63) is 36.4 Å². The first kappa shape index (κ1) is 22.3. The second kappa shape index (κ2) is 8.78. The largest absolute Gasteiger partial charge is 0.343 e. The molecule has 10 nitrogen and oxygen atoms in total. The van der Waals surface area contributed by atoms with Gasteiger partial charge in [-0.2, -0.15) is 0 Å². The van der Waals surface area contributed by atoms with Crippen LogP contribution in [0.5, 0.6) is 0 Å². The van der Waals surface area contributed by atoms with Crippen LogP contribution in [0.3, 0.4) is 0 Å². The van der Waals surface area contributed by atoms with Crippen LogP contribution in [0.25, 0.3) is 0 Å². The monoisotopic (exact) mass is 459 g/mol. The van der Waals surface area contributed by atoms with Crippen molar-refractivity contribution >= 4 is 25.8 Å². The minimum Gasteiger partial charge on any atom is -0.343 e. The van der Waals surface area contributed by atoms with Crippen molar-refractivity contribution in [2.24, 2.45) is 7.05 Å². The molecule has 2 aromatic rings. The van der Waals surface area contributed by atoms with E-state index >= 15 is 0 Å². The van der Waals surface area contributed by atoms with Crippen molar-refractivity contribution in [2.45, 2.75) is 34.6 Å². The Balaban J connectivity index is 1.51. The smallest absolute Gasteiger partial charge is 0.249 e. The number of halogens is 1. The van der Waals surface area contributed by atoms with Gasteiger partial charge in [-0.05, 0) is 25.0 Å². The highest BCUT2D eigenvalue weighted by molar-refractivity contribution is 7.91. The highest BCUT2D eigenvalue weighted by atomic mass is 32.2. The van der Waals surface area contributed by atoms with Gasteiger partial charge in [0.25, 0.3) is 0 Å². The van der Waals surface area contributed by atoms with Crippen LogP contribution in [0, 0.1) is 5.82 Å². The number of likely N-dealkylation sites (tertiary alicyclic amines) is 1. The first-order valence-electron chi connectivity index (χ1n) is 9.23. The summed E-state index contributed by atoms with van der Waals surface area (Å²) >= 11 is 0. The molecule has 2 heterocycles. The Labute approximate surface area is 174 Å². The lowest BCUT2D eigenvalue weighted by Crippen LogP contribution is -2.43. The standard InChI is InChI=1S/C17H22FN5O5S2/c1-22-12-19-21-17(22)29(25,26)13-7-10-23(11-8-13)16(24)6-9-20-30(27,28)15-5-3-2-4-14(15)18/h2-5,12-13,20H,6-11H2,1H3. The van der Waals surface area contributed by atoms with E-state index in [1.54, 1.807) is 7.05 Å². The first-order valence-corrected chi connectivity index (χ1v) is 12.3. The number of amides is 1. The fraction of sp³-hybridized carbons (Fsp3) is 0.471. The fourth-order valence-electron chi connectivity index (χ4n) is 3.29. The maximum atomic E-state index is 13.7. The van der Waals surface area contributed by atoms with E-state index in [1.807, 2.05) is 0 Å². The van der Waals surface area contributed by atoms with Gasteiger partial charge in [0.15, 0.2) is 0 Å². The number of aromatic nitrogens is 3. The quantitative estimate of drug-likeness (QED) is 0.621. The van der Waals surface area contributed by atoms with E-state index in [9.17, 15) is 26.0 Å². The number of carbonyl (C=O) groups excluding carboxylic acids is 1. The van der Waals surface area contributed by atoms with E-state index in [-0.39, 0.29) is 50.0 Å². The highest BCUT2D eigenvalue weighted by Crippen LogP contribution is 2.23. The third-order valence-corrected chi connectivity index (χ3v) is 8.64. The Morgan fingerprint density at radius 1 is 1.20 bits per heavy atom. The Hall–Kier alpha value is -2.38. The summed E-state index contributed by atoms with van der Waals surface area (Å²) in [4.78, 5) is 13.4. The van der Waals surface area contributed by atoms with E-state index in [0.717, 1.165) is 12.1 Å². The number of piperidine rings is 1. The molecule has 0 unspecified atom stereocenters. The molecule has 1 aliphatic heterocycles. The van der Waals surface area contributed by atoms with Crippen LogP contribution in [0.4, 0.5) is 4.39 Å². The van der Waals surface area contributed by atoms with Crippen molar-refractivity contribution in [1.82, 2.24) is 24.4 Å². The van der Waals surface area contributed by atoms with Gasteiger partial charge in [-0.3, -0.25) is 4.79 Å². The van der Waals surface area contributed by atoms with Gasteiger partial charge < -0.3 is 9.47 Å². The third-order valence-electron chi connectivity index (χ3n) is 4.91. The number of nitrogens with one attached hydrogen (secondary N) is 1. The molecule has 0 spiro atoms. The molecule has 0 bridgehead atoms. The van der Waals surface area contributed by atoms with Crippen molar-refractivity contribution in [3.63, 3.8) is 0 Å². The summed E-state index contributed by atoms with van der Waals surface area (Å²) in [5.41, 5.74) is 0. The number of sulfone groups is 1. The van der Waals surface area contributed by atoms with Gasteiger partial charge in [0.05, 0.1) is 5.25 Å². The molecule has 1 amide bonds. The lowest BCUT2D eigenvalue weighted by atomic mass is 10.1. The molecule has 0 radical (unpaired) electrons. The van der Waals surface area contributed by atoms with Crippen LogP contribution in [0.15, 0.2) is 40.6 Å². The molecule has 1 fully saturated rings. The van der Waals surface area contributed by atoms with E-state index in [4.69, 9.17) is 0 Å². The summed E-state index contributed by atoms with van der Waals surface area (Å²) in [7, 11) is -6.16. The normalized spacial score (nSPS) is 16.0. The minimum absolute atomic E-state index is 0.102. The number of hydrogen-bond acceptors (Lipinski definition) is 7. The van der Waals surface area contributed by atoms with Gasteiger partial charge in [0, 0.05) is 33.1 Å². The number of hydrogen-bond donors (Lipinski definition) is 1. The van der Waals surface area contributed by atoms with E-state index in [1.165, 1.54) is 27.9 Å². The predicted octanol–water partition coefficient (Wildman–Crippen LogP) is 0.0875. The maximum Gasteiger partial charge on any atom is 0.249 e. The lowest BCUT2D eigenvalue weighted by molar-refractivity contribution is -0.131. The van der Waals surface area contributed by atoms with Gasteiger partial charge in [-0.25, -0.2) is 25.9 Å². The van der Waals surface area contributed by atoms with Gasteiger partial charge >= 0.3 is 0 Å². The number of carbonyl (C=O) groups is 1. The summed E-state index contributed by atoms with van der Waals surface area (Å²) < 4.78 is 66.8. The van der Waals surface area contributed by atoms with Gasteiger partial charge in [0.2, 0.25) is 30.9 Å². The molecule has 1 N–H and O–H groups in total. The van der Waals surface area contributed by atoms with Crippen molar-refractivity contribution in [2.75, 3.05) is 19.6 Å². The molecule has 0 atom stereocenters. The number of sulfonamides is 1. The summed E-state index contributed by atoms with van der Waals surface area (Å²) in [6.07, 6.45) is 1.70. The van der Waals surface area contributed by atoms with E-state index in [2.05, 4.69) is 14.9 Å². The predicted molar refractivity (Wildman–Crippen MR) is 104 cm³/mol. The summed E-state index contributed by atoms with van der Waals surface area (Å²) in [6, 6.07) is 4.97. The van der Waals surface area contributed by atoms with Crippen LogP contribution in [-0.4, -0.2) is 67.3 Å². The lowest BCUT2D eigenvalue weighted by Gasteiger charge is -2.31. The van der Waals surface area contributed by atoms with Crippen LogP contribution in [0.1, 0.15) is 19.3 Å². The molecule has 1 aromatic heterocycles. The Bertz CT molecular complexity index is 1120. The van der Waals surface area contributed by atoms with E-state index in [0.29, 0.717) is 0 Å². The van der Waals surface area contributed by atoms with Gasteiger partial charge in [-0.1, -0.05) is 12.1 Å². The zero-order chi connectivity index (χ0) is 21.9. The molecule has 30 heavy (non-hydrogen) atoms. The van der Waals surface area contributed by atoms with Gasteiger partial charge in [0.1, 0.15) is 17.0 Å². The molecule has 1 aliphatic rings. The number of aryl methyl sites for hydroxylation is 1. The topological polar surface area (TPSA) is 131 Å². The van der Waals surface area contributed by atoms with Crippen molar-refractivity contribution < 1.29 is 26.0 Å². The summed E-state index contributed by atoms with van der Waals surface area (Å²) in [6.45, 7) is 0.286. The first-order chi connectivity index (χ1) is 14.1. The molecule has 13 heteroatoms. The summed E-state index contributed by atoms with van der Waals surface area (Å²) in [5.74, 6) is -1.18. The summed E-state index contributed by atoms with van der Waals surface area (Å²) in [5, 5.41) is 6.50. The van der Waals surface area contributed by atoms with Crippen molar-refractivity contribution in [3.8, 4) is 0 Å². The molecular weight excluding hydrogens is 437 g/mol. The molecule has 1 saturated heterocycles. The third kappa shape index (κ3) is 4.68. The van der Waals surface area contributed by atoms with Crippen molar-refractivity contribution in [1.29, 1.82) is 0 Å². The molecule has 0 aliphatic carbocycles. The second-order valence-electron chi connectivity index (χ2n) is 6.93. The van der Waals surface area contributed by atoms with Crippen LogP contribution >= 0.6 is 0 Å². The average molecular weight is 460 g/mol. The van der Waals surface area contributed by atoms with E-state index < -0.39 is 35.8 Å². The molecule has 164 valence electrons. The Morgan fingerprint density at radius 2 is 1.87 bits per heavy atom. The fourth-order valence-corrected chi connectivity index (χ4v) is 6.13. The Morgan fingerprint density at radius 3 is 2.47 bits per heavy atom. The molecule has 3 rings (SSSR count). The second-order valence-corrected chi connectivity index (χ2v) is 10.8. The average Bonchev–Trinajstić information content (AvgIpc) is 3.15. The Kier molecular flexibility index (Phi) is 6.53. The highest BCUT2D eigenvalue weighted by Gasteiger charge is 2.35. The van der Waals surface area contributed by atoms with Crippen LogP contribution < -0.4 is 4.72 Å². The SMILES string of the molecule is Cn1cnnc1S(=O)(=O)C1CCN(C(=O)CCNS(=O)(=O)c2ccccc2F)CC1.